The molecule has 3 aromatic heterocycles. The summed E-state index contributed by atoms with van der Waals surface area (Å²) in [4.78, 5) is 10.0. The smallest absolute Gasteiger partial charge is 0.235 e. The molecule has 5 nitrogen and oxygen atoms in total. The molecule has 11 rings (SSSR count). The second kappa shape index (κ2) is 9.89. The van der Waals surface area contributed by atoms with Gasteiger partial charge in [0, 0.05) is 38.2 Å². The maximum absolute atomic E-state index is 6.31. The van der Waals surface area contributed by atoms with Crippen LogP contribution in [0.1, 0.15) is 0 Å². The Morgan fingerprint density at radius 2 is 1.08 bits per heavy atom. The molecule has 7 aromatic carbocycles. The zero-order valence-corrected chi connectivity index (χ0v) is 26.2. The lowest BCUT2D eigenvalue weighted by Crippen LogP contribution is -2.06. The maximum Gasteiger partial charge on any atom is 0.235 e. The molecule has 1 aliphatic rings. The lowest BCUT2D eigenvalue weighted by molar-refractivity contribution is 0.481. The Morgan fingerprint density at radius 3 is 1.82 bits per heavy atom. The Bertz CT molecular complexity index is 2970. The fourth-order valence-electron chi connectivity index (χ4n) is 7.82. The number of benzene rings is 7. The quantitative estimate of drug-likeness (QED) is 0.196. The van der Waals surface area contributed by atoms with E-state index in [-0.39, 0.29) is 0 Å². The van der Waals surface area contributed by atoms with Crippen LogP contribution < -0.4 is 4.74 Å². The summed E-state index contributed by atoms with van der Waals surface area (Å²) in [6.45, 7) is 0. The first kappa shape index (κ1) is 26.4. The van der Waals surface area contributed by atoms with Gasteiger partial charge in [-0.1, -0.05) is 97.1 Å². The summed E-state index contributed by atoms with van der Waals surface area (Å²) in [7, 11) is 0. The van der Waals surface area contributed by atoms with Crippen LogP contribution in [0.3, 0.4) is 0 Å². The highest BCUT2D eigenvalue weighted by Crippen LogP contribution is 2.46. The molecule has 49 heavy (non-hydrogen) atoms. The average molecular weight is 627 g/mol. The van der Waals surface area contributed by atoms with E-state index < -0.39 is 0 Å². The summed E-state index contributed by atoms with van der Waals surface area (Å²) < 4.78 is 10.8. The van der Waals surface area contributed by atoms with E-state index in [4.69, 9.17) is 14.7 Å². The van der Waals surface area contributed by atoms with Crippen molar-refractivity contribution in [3.05, 3.63) is 158 Å². The van der Waals surface area contributed by atoms with Gasteiger partial charge in [0.25, 0.3) is 0 Å². The van der Waals surface area contributed by atoms with Crippen LogP contribution in [0.25, 0.3) is 88.4 Å². The highest BCUT2D eigenvalue weighted by atomic mass is 16.5. The molecular weight excluding hydrogens is 601 g/mol. The minimum absolute atomic E-state index is 0.618. The van der Waals surface area contributed by atoms with Gasteiger partial charge in [-0.15, -0.1) is 0 Å². The minimum Gasteiger partial charge on any atom is -0.453 e. The third kappa shape index (κ3) is 3.75. The fourth-order valence-corrected chi connectivity index (χ4v) is 7.82. The van der Waals surface area contributed by atoms with Crippen LogP contribution in [-0.4, -0.2) is 19.1 Å². The van der Waals surface area contributed by atoms with Crippen LogP contribution >= 0.6 is 0 Å². The maximum atomic E-state index is 6.31. The largest absolute Gasteiger partial charge is 0.453 e. The molecule has 228 valence electrons. The highest BCUT2D eigenvalue weighted by Gasteiger charge is 2.24. The number of ether oxygens (including phenoxy) is 1. The molecule has 0 amide bonds. The molecule has 0 saturated carbocycles. The van der Waals surface area contributed by atoms with Crippen LogP contribution in [0.4, 0.5) is 0 Å². The van der Waals surface area contributed by atoms with Gasteiger partial charge in [-0.3, -0.25) is 4.57 Å². The van der Waals surface area contributed by atoms with Crippen LogP contribution in [0, 0.1) is 0 Å². The van der Waals surface area contributed by atoms with Crippen molar-refractivity contribution in [2.45, 2.75) is 0 Å². The van der Waals surface area contributed by atoms with Crippen molar-refractivity contribution in [2.24, 2.45) is 0 Å². The van der Waals surface area contributed by atoms with Crippen molar-refractivity contribution in [2.75, 3.05) is 0 Å². The molecule has 10 aromatic rings. The van der Waals surface area contributed by atoms with Crippen molar-refractivity contribution in [1.29, 1.82) is 0 Å². The Hall–Kier alpha value is -6.72. The average Bonchev–Trinajstić information content (AvgIpc) is 3.67. The molecular formula is C44H26N4O. The van der Waals surface area contributed by atoms with Gasteiger partial charge < -0.3 is 9.30 Å². The Morgan fingerprint density at radius 1 is 0.469 bits per heavy atom. The Kier molecular flexibility index (Phi) is 5.32. The molecule has 0 spiro atoms. The first-order chi connectivity index (χ1) is 24.3. The molecule has 0 fully saturated rings. The van der Waals surface area contributed by atoms with E-state index in [1.165, 1.54) is 27.4 Å². The Labute approximate surface area is 280 Å². The van der Waals surface area contributed by atoms with E-state index in [1.54, 1.807) is 0 Å². The van der Waals surface area contributed by atoms with Crippen molar-refractivity contribution in [3.63, 3.8) is 0 Å². The fraction of sp³-hybridized carbons (Fsp3) is 0. The summed E-state index contributed by atoms with van der Waals surface area (Å²) >= 11 is 0. The molecule has 0 saturated heterocycles. The summed E-state index contributed by atoms with van der Waals surface area (Å²) in [6.07, 6.45) is 1.81. The number of hydrogen-bond donors (Lipinski definition) is 0. The van der Waals surface area contributed by atoms with E-state index >= 15 is 0 Å². The molecule has 0 aliphatic carbocycles. The van der Waals surface area contributed by atoms with Gasteiger partial charge in [-0.2, -0.15) is 0 Å². The lowest BCUT2D eigenvalue weighted by atomic mass is 9.99. The molecule has 0 unspecified atom stereocenters. The number of aromatic nitrogens is 4. The standard InChI is InChI=1S/C44H26N4O/c1-2-12-30(13-3-1)47-36-17-6-4-14-31(36)34-24-28(20-22-38(34)47)29-21-23-39-35(25-29)32-15-5-7-18-37(32)48(39)44-45-26-41-43(46-44)33-16-8-10-27-11-9-19-40(49-41)42(27)33/h1-26H. The first-order valence-corrected chi connectivity index (χ1v) is 16.5. The van der Waals surface area contributed by atoms with Crippen molar-refractivity contribution >= 4 is 54.4 Å². The second-order valence-electron chi connectivity index (χ2n) is 12.6. The molecule has 0 radical (unpaired) electrons. The second-order valence-corrected chi connectivity index (χ2v) is 12.6. The number of fused-ring (bicyclic) bond motifs is 8. The monoisotopic (exact) mass is 626 g/mol. The van der Waals surface area contributed by atoms with Gasteiger partial charge in [0.15, 0.2) is 5.75 Å². The summed E-state index contributed by atoms with van der Waals surface area (Å²) in [5.41, 5.74) is 9.88. The first-order valence-electron chi connectivity index (χ1n) is 16.5. The third-order valence-electron chi connectivity index (χ3n) is 9.98. The third-order valence-corrected chi connectivity index (χ3v) is 9.98. The zero-order valence-electron chi connectivity index (χ0n) is 26.2. The predicted octanol–water partition coefficient (Wildman–Crippen LogP) is 11.3. The van der Waals surface area contributed by atoms with Gasteiger partial charge in [0.05, 0.1) is 28.3 Å². The molecule has 0 atom stereocenters. The van der Waals surface area contributed by atoms with Crippen molar-refractivity contribution in [3.8, 4) is 45.5 Å². The van der Waals surface area contributed by atoms with Crippen molar-refractivity contribution < 1.29 is 4.74 Å². The molecule has 4 heterocycles. The van der Waals surface area contributed by atoms with Gasteiger partial charge >= 0.3 is 0 Å². The normalized spacial score (nSPS) is 12.2. The van der Waals surface area contributed by atoms with Gasteiger partial charge in [-0.05, 0) is 71.1 Å². The van der Waals surface area contributed by atoms with Crippen LogP contribution in [0.15, 0.2) is 158 Å². The number of para-hydroxylation sites is 3. The van der Waals surface area contributed by atoms with E-state index in [9.17, 15) is 0 Å². The van der Waals surface area contributed by atoms with Gasteiger partial charge in [0.1, 0.15) is 11.4 Å². The summed E-state index contributed by atoms with van der Waals surface area (Å²) in [5, 5.41) is 7.01. The number of rotatable bonds is 3. The van der Waals surface area contributed by atoms with E-state index in [2.05, 4.69) is 149 Å². The van der Waals surface area contributed by atoms with Crippen LogP contribution in [0.2, 0.25) is 0 Å². The van der Waals surface area contributed by atoms with Crippen LogP contribution in [-0.2, 0) is 0 Å². The molecule has 0 bridgehead atoms. The number of nitrogens with zero attached hydrogens (tertiary/aromatic N) is 4. The topological polar surface area (TPSA) is 44.9 Å². The molecule has 0 N–H and O–H groups in total. The van der Waals surface area contributed by atoms with Gasteiger partial charge in [-0.25, -0.2) is 9.97 Å². The van der Waals surface area contributed by atoms with Crippen molar-refractivity contribution in [1.82, 2.24) is 19.1 Å². The highest BCUT2D eigenvalue weighted by molar-refractivity contribution is 6.12. The SMILES string of the molecule is c1ccc(-n2c3ccccc3c3cc(-c4ccc5c(c4)c4ccccc4n5-c4ncc5c(n4)-c4cccc6cccc(c46)O5)ccc32)cc1. The molecule has 1 aliphatic heterocycles. The summed E-state index contributed by atoms with van der Waals surface area (Å²) in [5.74, 6) is 2.12. The van der Waals surface area contributed by atoms with Crippen LogP contribution in [0.5, 0.6) is 11.5 Å². The summed E-state index contributed by atoms with van der Waals surface area (Å²) in [6, 6.07) is 53.8. The predicted molar refractivity (Wildman–Crippen MR) is 199 cm³/mol. The lowest BCUT2D eigenvalue weighted by Gasteiger charge is -2.20. The van der Waals surface area contributed by atoms with Gasteiger partial charge in [0.2, 0.25) is 5.95 Å². The number of hydrogen-bond acceptors (Lipinski definition) is 3. The van der Waals surface area contributed by atoms with E-state index in [0.29, 0.717) is 11.7 Å². The minimum atomic E-state index is 0.618. The Balaban J connectivity index is 1.09. The van der Waals surface area contributed by atoms with E-state index in [1.807, 2.05) is 18.3 Å². The zero-order chi connectivity index (χ0) is 32.1. The van der Waals surface area contributed by atoms with E-state index in [0.717, 1.165) is 60.8 Å². The molecule has 5 heteroatoms.